The molecule has 4 nitrogen and oxygen atoms in total. The topological polar surface area (TPSA) is 49.4 Å². The first kappa shape index (κ1) is 18.2. The summed E-state index contributed by atoms with van der Waals surface area (Å²) >= 11 is 6.08. The molecule has 0 unspecified atom stereocenters. The van der Waals surface area contributed by atoms with Gasteiger partial charge >= 0.3 is 0 Å². The van der Waals surface area contributed by atoms with Gasteiger partial charge < -0.3 is 10.2 Å². The molecule has 1 aliphatic carbocycles. The van der Waals surface area contributed by atoms with Crippen molar-refractivity contribution in [3.8, 4) is 0 Å². The monoisotopic (exact) mass is 362 g/mol. The van der Waals surface area contributed by atoms with E-state index in [1.165, 1.54) is 32.1 Å². The van der Waals surface area contributed by atoms with Gasteiger partial charge in [0.2, 0.25) is 5.91 Å². The summed E-state index contributed by atoms with van der Waals surface area (Å²) in [5.41, 5.74) is 1.08. The Kier molecular flexibility index (Phi) is 6.35. The third kappa shape index (κ3) is 4.97. The highest BCUT2D eigenvalue weighted by molar-refractivity contribution is 6.31. The Bertz CT molecular complexity index is 620. The van der Waals surface area contributed by atoms with Crippen LogP contribution in [0.1, 0.15) is 68.1 Å². The molecule has 5 heteroatoms. The number of anilines is 1. The second-order valence-corrected chi connectivity index (χ2v) is 7.72. The number of amides is 2. The Hall–Kier alpha value is -1.55. The Balaban J connectivity index is 1.62. The molecule has 1 aromatic carbocycles. The largest absolute Gasteiger partial charge is 0.339 e. The van der Waals surface area contributed by atoms with Crippen molar-refractivity contribution in [2.45, 2.75) is 57.8 Å². The number of hydrogen-bond donors (Lipinski definition) is 1. The molecule has 0 aromatic heterocycles. The predicted molar refractivity (Wildman–Crippen MR) is 101 cm³/mol. The molecule has 2 aliphatic rings. The normalized spacial score (nSPS) is 18.4. The smallest absolute Gasteiger partial charge is 0.256 e. The Labute approximate surface area is 154 Å². The quantitative estimate of drug-likeness (QED) is 0.811. The van der Waals surface area contributed by atoms with Gasteiger partial charge in [-0.2, -0.15) is 0 Å². The summed E-state index contributed by atoms with van der Waals surface area (Å²) in [4.78, 5) is 26.9. The van der Waals surface area contributed by atoms with Crippen molar-refractivity contribution in [2.24, 2.45) is 5.92 Å². The van der Waals surface area contributed by atoms with Gasteiger partial charge in [0.15, 0.2) is 0 Å². The highest BCUT2D eigenvalue weighted by Crippen LogP contribution is 2.28. The molecule has 1 saturated carbocycles. The van der Waals surface area contributed by atoms with Crippen LogP contribution < -0.4 is 5.32 Å². The maximum Gasteiger partial charge on any atom is 0.256 e. The van der Waals surface area contributed by atoms with Crippen molar-refractivity contribution < 1.29 is 9.59 Å². The van der Waals surface area contributed by atoms with Gasteiger partial charge in [0.25, 0.3) is 5.91 Å². The first-order valence-electron chi connectivity index (χ1n) is 9.52. The number of halogens is 1. The summed E-state index contributed by atoms with van der Waals surface area (Å²) in [6.45, 7) is 1.56. The van der Waals surface area contributed by atoms with Crippen molar-refractivity contribution in [2.75, 3.05) is 18.4 Å². The van der Waals surface area contributed by atoms with Crippen molar-refractivity contribution >= 4 is 29.1 Å². The number of benzene rings is 1. The fraction of sp³-hybridized carbons (Fsp3) is 0.600. The molecule has 1 saturated heterocycles. The van der Waals surface area contributed by atoms with Crippen LogP contribution in [0.4, 0.5) is 5.69 Å². The number of nitrogens with zero attached hydrogens (tertiary/aromatic N) is 1. The molecule has 136 valence electrons. The molecule has 1 aliphatic heterocycles. The molecule has 1 aromatic rings. The van der Waals surface area contributed by atoms with Crippen LogP contribution in [0.5, 0.6) is 0 Å². The fourth-order valence-corrected chi connectivity index (χ4v) is 4.09. The van der Waals surface area contributed by atoms with E-state index in [1.54, 1.807) is 18.2 Å². The third-order valence-electron chi connectivity index (χ3n) is 5.38. The van der Waals surface area contributed by atoms with E-state index in [1.807, 2.05) is 4.90 Å². The van der Waals surface area contributed by atoms with Crippen molar-refractivity contribution in [1.82, 2.24) is 4.90 Å². The van der Waals surface area contributed by atoms with Crippen LogP contribution in [0.25, 0.3) is 0 Å². The van der Waals surface area contributed by atoms with E-state index in [9.17, 15) is 9.59 Å². The average molecular weight is 363 g/mol. The zero-order chi connectivity index (χ0) is 17.6. The van der Waals surface area contributed by atoms with E-state index in [0.717, 1.165) is 32.4 Å². The highest BCUT2D eigenvalue weighted by Gasteiger charge is 2.23. The lowest BCUT2D eigenvalue weighted by Crippen LogP contribution is -2.29. The van der Waals surface area contributed by atoms with E-state index in [0.29, 0.717) is 28.6 Å². The van der Waals surface area contributed by atoms with Gasteiger partial charge in [-0.05, 0) is 43.4 Å². The molecule has 0 radical (unpaired) electrons. The fourth-order valence-electron chi connectivity index (χ4n) is 3.92. The molecule has 25 heavy (non-hydrogen) atoms. The lowest BCUT2D eigenvalue weighted by Gasteiger charge is -2.21. The Morgan fingerprint density at radius 3 is 2.52 bits per heavy atom. The van der Waals surface area contributed by atoms with Gasteiger partial charge in [0.05, 0.1) is 11.3 Å². The SMILES string of the molecule is O=C(CCC1CCCCC1)Nc1ccc(Cl)cc1C(=O)N1CCCC1. The Morgan fingerprint density at radius 1 is 1.08 bits per heavy atom. The van der Waals surface area contributed by atoms with Crippen molar-refractivity contribution in [3.05, 3.63) is 28.8 Å². The third-order valence-corrected chi connectivity index (χ3v) is 5.62. The van der Waals surface area contributed by atoms with Gasteiger partial charge in [-0.1, -0.05) is 43.7 Å². The number of carbonyl (C=O) groups excluding carboxylic acids is 2. The molecule has 3 rings (SSSR count). The summed E-state index contributed by atoms with van der Waals surface area (Å²) in [6.07, 6.45) is 9.93. The number of likely N-dealkylation sites (tertiary alicyclic amines) is 1. The van der Waals surface area contributed by atoms with Crippen LogP contribution in [0.15, 0.2) is 18.2 Å². The summed E-state index contributed by atoms with van der Waals surface area (Å²) in [5.74, 6) is 0.626. The summed E-state index contributed by atoms with van der Waals surface area (Å²) in [7, 11) is 0. The first-order valence-corrected chi connectivity index (χ1v) is 9.90. The summed E-state index contributed by atoms with van der Waals surface area (Å²) in [5, 5.41) is 3.45. The van der Waals surface area contributed by atoms with E-state index < -0.39 is 0 Å². The minimum atomic E-state index is -0.0393. The van der Waals surface area contributed by atoms with E-state index in [4.69, 9.17) is 11.6 Å². The number of carbonyl (C=O) groups is 2. The van der Waals surface area contributed by atoms with Gasteiger partial charge in [-0.3, -0.25) is 9.59 Å². The van der Waals surface area contributed by atoms with Gasteiger partial charge in [0.1, 0.15) is 0 Å². The molecular weight excluding hydrogens is 336 g/mol. The van der Waals surface area contributed by atoms with Gasteiger partial charge in [-0.15, -0.1) is 0 Å². The standard InChI is InChI=1S/C20H27ClN2O2/c21-16-9-10-18(17(14-16)20(25)23-12-4-5-13-23)22-19(24)11-8-15-6-2-1-3-7-15/h9-10,14-15H,1-8,11-13H2,(H,22,24). The van der Waals surface area contributed by atoms with Gasteiger partial charge in [0, 0.05) is 24.5 Å². The molecule has 1 N–H and O–H groups in total. The zero-order valence-corrected chi connectivity index (χ0v) is 15.5. The number of rotatable bonds is 5. The highest BCUT2D eigenvalue weighted by atomic mass is 35.5. The minimum absolute atomic E-state index is 0.0108. The van der Waals surface area contributed by atoms with Crippen LogP contribution in [-0.4, -0.2) is 29.8 Å². The van der Waals surface area contributed by atoms with Crippen LogP contribution in [0.2, 0.25) is 5.02 Å². The van der Waals surface area contributed by atoms with Crippen molar-refractivity contribution in [3.63, 3.8) is 0 Å². The summed E-state index contributed by atoms with van der Waals surface area (Å²) < 4.78 is 0. The van der Waals surface area contributed by atoms with Crippen LogP contribution in [-0.2, 0) is 4.79 Å². The summed E-state index contributed by atoms with van der Waals surface area (Å²) in [6, 6.07) is 5.13. The van der Waals surface area contributed by atoms with Crippen molar-refractivity contribution in [1.29, 1.82) is 0 Å². The average Bonchev–Trinajstić information content (AvgIpc) is 3.16. The lowest BCUT2D eigenvalue weighted by molar-refractivity contribution is -0.116. The molecule has 1 heterocycles. The molecule has 0 bridgehead atoms. The predicted octanol–water partition coefficient (Wildman–Crippen LogP) is 4.88. The van der Waals surface area contributed by atoms with Crippen LogP contribution in [0, 0.1) is 5.92 Å². The van der Waals surface area contributed by atoms with E-state index in [2.05, 4.69) is 5.32 Å². The van der Waals surface area contributed by atoms with Crippen LogP contribution >= 0.6 is 11.6 Å². The lowest BCUT2D eigenvalue weighted by atomic mass is 9.86. The molecule has 0 spiro atoms. The first-order chi connectivity index (χ1) is 12.1. The van der Waals surface area contributed by atoms with Crippen LogP contribution in [0.3, 0.4) is 0 Å². The maximum atomic E-state index is 12.7. The van der Waals surface area contributed by atoms with E-state index in [-0.39, 0.29) is 11.8 Å². The second kappa shape index (κ2) is 8.70. The Morgan fingerprint density at radius 2 is 1.80 bits per heavy atom. The molecular formula is C20H27ClN2O2. The van der Waals surface area contributed by atoms with E-state index >= 15 is 0 Å². The second-order valence-electron chi connectivity index (χ2n) is 7.28. The van der Waals surface area contributed by atoms with Gasteiger partial charge in [-0.25, -0.2) is 0 Å². The number of nitrogens with one attached hydrogen (secondary N) is 1. The zero-order valence-electron chi connectivity index (χ0n) is 14.7. The maximum absolute atomic E-state index is 12.7. The number of hydrogen-bond acceptors (Lipinski definition) is 2. The molecule has 0 atom stereocenters. The minimum Gasteiger partial charge on any atom is -0.339 e. The molecule has 2 amide bonds. The molecule has 2 fully saturated rings.